The summed E-state index contributed by atoms with van der Waals surface area (Å²) in [6, 6.07) is 5.45. The minimum Gasteiger partial charge on any atom is -0.507 e. The van der Waals surface area contributed by atoms with Gasteiger partial charge in [-0.25, -0.2) is 9.59 Å². The van der Waals surface area contributed by atoms with E-state index in [4.69, 9.17) is 9.15 Å². The number of carbonyl (C=O) groups excluding carboxylic acids is 2. The molecule has 0 aliphatic carbocycles. The second-order valence-electron chi connectivity index (χ2n) is 9.07. The van der Waals surface area contributed by atoms with Gasteiger partial charge in [0, 0.05) is 40.5 Å². The van der Waals surface area contributed by atoms with E-state index in [0.29, 0.717) is 38.1 Å². The van der Waals surface area contributed by atoms with Gasteiger partial charge in [0.2, 0.25) is 0 Å². The Labute approximate surface area is 216 Å². The van der Waals surface area contributed by atoms with Crippen molar-refractivity contribution >= 4 is 29.4 Å². The lowest BCUT2D eigenvalue weighted by Gasteiger charge is -2.18. The molecule has 0 bridgehead atoms. The van der Waals surface area contributed by atoms with Gasteiger partial charge in [-0.1, -0.05) is 27.7 Å². The molecule has 0 saturated carbocycles. The van der Waals surface area contributed by atoms with Gasteiger partial charge in [0.15, 0.2) is 5.78 Å². The summed E-state index contributed by atoms with van der Waals surface area (Å²) in [4.78, 5) is 42.7. The van der Waals surface area contributed by atoms with Crippen LogP contribution in [0.5, 0.6) is 5.75 Å². The summed E-state index contributed by atoms with van der Waals surface area (Å²) in [6.07, 6.45) is 4.38. The first kappa shape index (κ1) is 29.5. The minimum absolute atomic E-state index is 0.0374. The largest absolute Gasteiger partial charge is 0.507 e. The highest BCUT2D eigenvalue weighted by Gasteiger charge is 2.28. The Balaban J connectivity index is 1.99. The molecule has 2 rings (SSSR count). The molecule has 1 amide bonds. The number of methoxy groups -OCH3 is 1. The van der Waals surface area contributed by atoms with Crippen LogP contribution >= 0.6 is 11.3 Å². The van der Waals surface area contributed by atoms with Crippen LogP contribution in [0.25, 0.3) is 0 Å². The van der Waals surface area contributed by atoms with Crippen molar-refractivity contribution in [1.29, 1.82) is 0 Å². The molecule has 0 aliphatic heterocycles. The summed E-state index contributed by atoms with van der Waals surface area (Å²) < 4.78 is 15.5. The first-order valence-electron chi connectivity index (χ1n) is 12.3. The SMILES string of the molecule is CCCOCc1ccc(CC(C)C(C)C(=O)c2c(O)cc(C(C)CCCC=NC(=O)OC)oc2=O)s1. The zero-order valence-corrected chi connectivity index (χ0v) is 22.6. The normalized spacial score (nSPS) is 14.0. The number of ketones is 1. The number of unbranched alkanes of at least 4 members (excludes halogenated alkanes) is 1. The number of thiophene rings is 1. The average Bonchev–Trinajstić information content (AvgIpc) is 3.29. The standard InChI is InChI=1S/C27H37NO7S/c1-6-13-34-16-21-11-10-20(36-21)14-18(3)19(4)25(30)24-22(29)15-23(35-26(24)31)17(2)9-7-8-12-28-27(32)33-5/h10-12,15,17-19,29H,6-9,13-14,16H2,1-5H3. The molecule has 2 aromatic rings. The number of Topliss-reactive ketones (excluding diaryl/α,β-unsaturated/α-hetero) is 1. The van der Waals surface area contributed by atoms with Crippen LogP contribution in [0.15, 0.2) is 32.4 Å². The molecule has 2 heterocycles. The van der Waals surface area contributed by atoms with Crippen LogP contribution in [0.4, 0.5) is 4.79 Å². The lowest BCUT2D eigenvalue weighted by molar-refractivity contribution is 0.0885. The monoisotopic (exact) mass is 519 g/mol. The smallest absolute Gasteiger partial charge is 0.432 e. The van der Waals surface area contributed by atoms with Gasteiger partial charge in [-0.2, -0.15) is 4.99 Å². The molecule has 3 unspecified atom stereocenters. The second-order valence-corrected chi connectivity index (χ2v) is 10.3. The van der Waals surface area contributed by atoms with E-state index in [0.717, 1.165) is 22.8 Å². The summed E-state index contributed by atoms with van der Waals surface area (Å²) in [6.45, 7) is 8.99. The number of carbonyl (C=O) groups is 2. The number of nitrogens with zero attached hydrogens (tertiary/aromatic N) is 1. The molecule has 9 heteroatoms. The van der Waals surface area contributed by atoms with Crippen LogP contribution in [0.3, 0.4) is 0 Å². The molecule has 2 aromatic heterocycles. The maximum Gasteiger partial charge on any atom is 0.432 e. The van der Waals surface area contributed by atoms with E-state index in [-0.39, 0.29) is 23.1 Å². The molecule has 8 nitrogen and oxygen atoms in total. The second kappa shape index (κ2) is 14.7. The molecule has 0 aliphatic rings. The number of hydrogen-bond acceptors (Lipinski definition) is 8. The Hall–Kier alpha value is -2.78. The van der Waals surface area contributed by atoms with Gasteiger partial charge in [-0.05, 0) is 50.2 Å². The van der Waals surface area contributed by atoms with Gasteiger partial charge >= 0.3 is 11.7 Å². The molecule has 0 spiro atoms. The molecule has 1 N–H and O–H groups in total. The topological polar surface area (TPSA) is 115 Å². The summed E-state index contributed by atoms with van der Waals surface area (Å²) in [7, 11) is 1.26. The van der Waals surface area contributed by atoms with Gasteiger partial charge < -0.3 is 19.0 Å². The zero-order valence-electron chi connectivity index (χ0n) is 21.7. The van der Waals surface area contributed by atoms with Crippen molar-refractivity contribution in [2.75, 3.05) is 13.7 Å². The Morgan fingerprint density at radius 2 is 1.94 bits per heavy atom. The van der Waals surface area contributed by atoms with Crippen LogP contribution in [0.1, 0.15) is 85.2 Å². The third-order valence-corrected chi connectivity index (χ3v) is 7.20. The molecule has 198 valence electrons. The van der Waals surface area contributed by atoms with Gasteiger partial charge in [-0.15, -0.1) is 11.3 Å². The number of aromatic hydroxyl groups is 1. The molecule has 3 atom stereocenters. The predicted molar refractivity (Wildman–Crippen MR) is 140 cm³/mol. The van der Waals surface area contributed by atoms with Crippen molar-refractivity contribution in [1.82, 2.24) is 0 Å². The molecule has 36 heavy (non-hydrogen) atoms. The fourth-order valence-electron chi connectivity index (χ4n) is 3.72. The Morgan fingerprint density at radius 1 is 1.22 bits per heavy atom. The van der Waals surface area contributed by atoms with Crippen LogP contribution < -0.4 is 5.63 Å². The van der Waals surface area contributed by atoms with E-state index in [1.54, 1.807) is 18.3 Å². The van der Waals surface area contributed by atoms with Crippen molar-refractivity contribution in [3.8, 4) is 5.75 Å². The molecule has 0 radical (unpaired) electrons. The molecular weight excluding hydrogens is 482 g/mol. The maximum absolute atomic E-state index is 13.1. The van der Waals surface area contributed by atoms with E-state index in [9.17, 15) is 19.5 Å². The number of amides is 1. The molecule has 0 saturated heterocycles. The fourth-order valence-corrected chi connectivity index (χ4v) is 4.82. The quantitative estimate of drug-likeness (QED) is 0.181. The Bertz CT molecular complexity index is 1090. The van der Waals surface area contributed by atoms with Gasteiger partial charge in [0.05, 0.1) is 13.7 Å². The average molecular weight is 520 g/mol. The summed E-state index contributed by atoms with van der Waals surface area (Å²) in [5, 5.41) is 10.6. The first-order chi connectivity index (χ1) is 17.2. The molecule has 0 aromatic carbocycles. The van der Waals surface area contributed by atoms with Crippen LogP contribution in [0, 0.1) is 11.8 Å². The maximum atomic E-state index is 13.1. The third-order valence-electron chi connectivity index (χ3n) is 6.12. The molecule has 0 fully saturated rings. The predicted octanol–water partition coefficient (Wildman–Crippen LogP) is 6.14. The zero-order chi connectivity index (χ0) is 26.7. The number of rotatable bonds is 14. The summed E-state index contributed by atoms with van der Waals surface area (Å²) >= 11 is 1.66. The summed E-state index contributed by atoms with van der Waals surface area (Å²) in [5.41, 5.74) is -1.12. The van der Waals surface area contributed by atoms with Crippen LogP contribution in [0.2, 0.25) is 0 Å². The highest BCUT2D eigenvalue weighted by atomic mass is 32.1. The number of hydrogen-bond donors (Lipinski definition) is 1. The van der Waals surface area contributed by atoms with Crippen LogP contribution in [-0.2, 0) is 22.5 Å². The number of aliphatic imine (C=N–C) groups is 1. The van der Waals surface area contributed by atoms with Gasteiger partial charge in [-0.3, -0.25) is 4.79 Å². The molecular formula is C27H37NO7S. The van der Waals surface area contributed by atoms with Crippen molar-refractivity contribution in [2.24, 2.45) is 16.8 Å². The van der Waals surface area contributed by atoms with Crippen molar-refractivity contribution in [2.45, 2.75) is 72.3 Å². The lowest BCUT2D eigenvalue weighted by Crippen LogP contribution is -2.26. The first-order valence-corrected chi connectivity index (χ1v) is 13.2. The third kappa shape index (κ3) is 8.71. The van der Waals surface area contributed by atoms with Gasteiger partial charge in [0.25, 0.3) is 0 Å². The van der Waals surface area contributed by atoms with E-state index in [1.807, 2.05) is 26.0 Å². The lowest BCUT2D eigenvalue weighted by atomic mass is 9.86. The van der Waals surface area contributed by atoms with E-state index >= 15 is 0 Å². The number of ether oxygens (including phenoxy) is 2. The van der Waals surface area contributed by atoms with Crippen molar-refractivity contribution in [3.63, 3.8) is 0 Å². The van der Waals surface area contributed by atoms with Crippen molar-refractivity contribution in [3.05, 3.63) is 49.7 Å². The van der Waals surface area contributed by atoms with Gasteiger partial charge in [0.1, 0.15) is 17.1 Å². The highest BCUT2D eigenvalue weighted by molar-refractivity contribution is 7.11. The van der Waals surface area contributed by atoms with E-state index in [2.05, 4.69) is 16.7 Å². The summed E-state index contributed by atoms with van der Waals surface area (Å²) in [5.74, 6) is -1.13. The Morgan fingerprint density at radius 3 is 2.61 bits per heavy atom. The van der Waals surface area contributed by atoms with Crippen LogP contribution in [-0.4, -0.2) is 36.9 Å². The highest BCUT2D eigenvalue weighted by Crippen LogP contribution is 2.29. The van der Waals surface area contributed by atoms with E-state index in [1.165, 1.54) is 19.4 Å². The Kier molecular flexibility index (Phi) is 12.0. The minimum atomic E-state index is -0.820. The fraction of sp³-hybridized carbons (Fsp3) is 0.556. The van der Waals surface area contributed by atoms with Crippen molar-refractivity contribution < 1.29 is 28.6 Å². The van der Waals surface area contributed by atoms with E-state index < -0.39 is 23.4 Å².